The Morgan fingerprint density at radius 2 is 2.18 bits per heavy atom. The van der Waals surface area contributed by atoms with Crippen LogP contribution in [0.5, 0.6) is 0 Å². The van der Waals surface area contributed by atoms with E-state index in [9.17, 15) is 4.21 Å². The van der Waals surface area contributed by atoms with Gasteiger partial charge in [-0.05, 0) is 17.7 Å². The lowest BCUT2D eigenvalue weighted by Crippen LogP contribution is -2.24. The van der Waals surface area contributed by atoms with Gasteiger partial charge in [-0.15, -0.1) is 0 Å². The highest BCUT2D eigenvalue weighted by Gasteiger charge is 2.15. The lowest BCUT2D eigenvalue weighted by atomic mass is 10.2. The van der Waals surface area contributed by atoms with Crippen LogP contribution in [0.3, 0.4) is 0 Å². The van der Waals surface area contributed by atoms with Crippen LogP contribution in [0.2, 0.25) is 0 Å². The maximum absolute atomic E-state index is 12.8. The van der Waals surface area contributed by atoms with Gasteiger partial charge in [0.25, 0.3) is 0 Å². The predicted molar refractivity (Wildman–Crippen MR) is 68.8 cm³/mol. The summed E-state index contributed by atoms with van der Waals surface area (Å²) in [6, 6.07) is 7.65. The molecule has 2 heterocycles. The molecule has 5 heteroatoms. The molecule has 1 aromatic heterocycles. The monoisotopic (exact) mass is 245 g/mol. The summed E-state index contributed by atoms with van der Waals surface area (Å²) in [7, 11) is -2.41. The van der Waals surface area contributed by atoms with Crippen molar-refractivity contribution in [1.29, 1.82) is 0 Å². The van der Waals surface area contributed by atoms with Gasteiger partial charge < -0.3 is 9.71 Å². The van der Waals surface area contributed by atoms with E-state index in [4.69, 9.17) is 0 Å². The molecule has 1 aliphatic rings. The molecule has 1 unspecified atom stereocenters. The van der Waals surface area contributed by atoms with Crippen molar-refractivity contribution in [3.05, 3.63) is 54.2 Å². The van der Waals surface area contributed by atoms with Crippen molar-refractivity contribution in [2.75, 3.05) is 0 Å². The molecule has 86 valence electrons. The lowest BCUT2D eigenvalue weighted by molar-refractivity contribution is 0.676. The van der Waals surface area contributed by atoms with Gasteiger partial charge in [-0.3, -0.25) is 0 Å². The quantitative estimate of drug-likeness (QED) is 0.746. The second-order valence-electron chi connectivity index (χ2n) is 3.71. The van der Waals surface area contributed by atoms with Gasteiger partial charge in [-0.2, -0.15) is 0 Å². The van der Waals surface area contributed by atoms with Crippen molar-refractivity contribution in [2.45, 2.75) is 4.90 Å². The average molecular weight is 245 g/mol. The Morgan fingerprint density at radius 3 is 3.00 bits per heavy atom. The SMILES string of the molecule is O=S1(=Cc2cnc[nH]2)NC=Cc2ccccc21. The smallest absolute Gasteiger partial charge is 0.0924 e. The van der Waals surface area contributed by atoms with E-state index in [1.165, 1.54) is 0 Å². The van der Waals surface area contributed by atoms with Gasteiger partial charge in [0.05, 0.1) is 32.8 Å². The second kappa shape index (κ2) is 3.78. The average Bonchev–Trinajstić information content (AvgIpc) is 2.82. The Kier molecular flexibility index (Phi) is 2.26. The molecular weight excluding hydrogens is 234 g/mol. The summed E-state index contributed by atoms with van der Waals surface area (Å²) < 4.78 is 15.8. The normalized spacial score (nSPS) is 21.6. The zero-order valence-corrected chi connectivity index (χ0v) is 9.78. The van der Waals surface area contributed by atoms with Crippen LogP contribution in [0.15, 0.2) is 47.9 Å². The van der Waals surface area contributed by atoms with Gasteiger partial charge in [0, 0.05) is 11.6 Å². The number of aromatic nitrogens is 2. The van der Waals surface area contributed by atoms with Gasteiger partial charge in [-0.1, -0.05) is 18.2 Å². The van der Waals surface area contributed by atoms with Crippen molar-refractivity contribution in [3.63, 3.8) is 0 Å². The molecule has 1 aromatic carbocycles. The molecule has 0 amide bonds. The first-order valence-electron chi connectivity index (χ1n) is 5.18. The summed E-state index contributed by atoms with van der Waals surface area (Å²) in [4.78, 5) is 7.65. The van der Waals surface area contributed by atoms with Crippen molar-refractivity contribution < 1.29 is 4.21 Å². The number of aromatic amines is 1. The summed E-state index contributed by atoms with van der Waals surface area (Å²) in [5, 5.41) is 1.68. The minimum atomic E-state index is -2.41. The van der Waals surface area contributed by atoms with Crippen molar-refractivity contribution >= 4 is 21.2 Å². The minimum Gasteiger partial charge on any atom is -0.345 e. The van der Waals surface area contributed by atoms with E-state index < -0.39 is 9.71 Å². The number of H-pyrrole nitrogens is 1. The highest BCUT2D eigenvalue weighted by molar-refractivity contribution is 8.00. The van der Waals surface area contributed by atoms with Crippen LogP contribution in [-0.2, 0) is 9.71 Å². The number of nitrogens with one attached hydrogen (secondary N) is 2. The highest BCUT2D eigenvalue weighted by atomic mass is 32.2. The lowest BCUT2D eigenvalue weighted by Gasteiger charge is -2.18. The molecule has 0 bridgehead atoms. The Bertz CT molecular complexity index is 680. The molecule has 17 heavy (non-hydrogen) atoms. The van der Waals surface area contributed by atoms with Crippen LogP contribution < -0.4 is 4.72 Å². The number of fused-ring (bicyclic) bond motifs is 1. The summed E-state index contributed by atoms with van der Waals surface area (Å²) in [6.07, 6.45) is 6.85. The fourth-order valence-corrected chi connectivity index (χ4v) is 3.64. The fourth-order valence-electron chi connectivity index (χ4n) is 1.79. The van der Waals surface area contributed by atoms with E-state index in [0.29, 0.717) is 0 Å². The summed E-state index contributed by atoms with van der Waals surface area (Å²) in [6.45, 7) is 0. The summed E-state index contributed by atoms with van der Waals surface area (Å²) >= 11 is 0. The Balaban J connectivity index is 2.23. The van der Waals surface area contributed by atoms with E-state index in [2.05, 4.69) is 14.7 Å². The molecule has 4 nitrogen and oxygen atoms in total. The molecular formula is C12H11N3OS. The minimum absolute atomic E-state index is 0.743. The zero-order chi connectivity index (χ0) is 11.7. The van der Waals surface area contributed by atoms with Crippen LogP contribution in [0.25, 0.3) is 6.08 Å². The second-order valence-corrected chi connectivity index (χ2v) is 5.83. The molecule has 1 aliphatic heterocycles. The van der Waals surface area contributed by atoms with Crippen molar-refractivity contribution in [1.82, 2.24) is 14.7 Å². The maximum Gasteiger partial charge on any atom is 0.0924 e. The van der Waals surface area contributed by atoms with Gasteiger partial charge in [0.15, 0.2) is 0 Å². The number of imidazole rings is 1. The number of hydrogen-bond acceptors (Lipinski definition) is 2. The van der Waals surface area contributed by atoms with E-state index in [1.807, 2.05) is 30.3 Å². The molecule has 0 fully saturated rings. The number of nitrogens with zero attached hydrogens (tertiary/aromatic N) is 1. The Labute approximate surface area is 99.5 Å². The topological polar surface area (TPSA) is 57.8 Å². The third-order valence-corrected chi connectivity index (χ3v) is 4.66. The van der Waals surface area contributed by atoms with E-state index in [-0.39, 0.29) is 0 Å². The molecule has 0 aliphatic carbocycles. The van der Waals surface area contributed by atoms with E-state index >= 15 is 0 Å². The van der Waals surface area contributed by atoms with Crippen LogP contribution >= 0.6 is 0 Å². The van der Waals surface area contributed by atoms with Crippen LogP contribution in [0.4, 0.5) is 0 Å². The van der Waals surface area contributed by atoms with Gasteiger partial charge >= 0.3 is 0 Å². The van der Waals surface area contributed by atoms with E-state index in [1.54, 1.807) is 24.1 Å². The first-order valence-corrected chi connectivity index (χ1v) is 6.80. The maximum atomic E-state index is 12.8. The third-order valence-electron chi connectivity index (χ3n) is 2.56. The van der Waals surface area contributed by atoms with Crippen LogP contribution in [-0.4, -0.2) is 19.5 Å². The molecule has 0 saturated heterocycles. The van der Waals surface area contributed by atoms with Gasteiger partial charge in [-0.25, -0.2) is 9.19 Å². The van der Waals surface area contributed by atoms with Gasteiger partial charge in [0.2, 0.25) is 0 Å². The first-order chi connectivity index (χ1) is 8.28. The molecule has 1 atom stereocenters. The number of benzene rings is 1. The standard InChI is InChI=1S/C12H11N3OS/c16-17(8-11-7-13-9-14-11)12-4-2-1-3-10(12)5-6-15-17/h1-9H,(H,13,14)(H,15,16). The predicted octanol–water partition coefficient (Wildman–Crippen LogP) is 1.39. The first kappa shape index (κ1) is 10.2. The van der Waals surface area contributed by atoms with Crippen LogP contribution in [0, 0.1) is 0 Å². The van der Waals surface area contributed by atoms with Crippen molar-refractivity contribution in [3.8, 4) is 0 Å². The Morgan fingerprint density at radius 1 is 1.29 bits per heavy atom. The van der Waals surface area contributed by atoms with Crippen molar-refractivity contribution in [2.24, 2.45) is 0 Å². The zero-order valence-electron chi connectivity index (χ0n) is 8.96. The number of hydrogen-bond donors (Lipinski definition) is 2. The van der Waals surface area contributed by atoms with E-state index in [0.717, 1.165) is 16.2 Å². The van der Waals surface area contributed by atoms with Crippen LogP contribution in [0.1, 0.15) is 11.3 Å². The Hall–Kier alpha value is -2.01. The highest BCUT2D eigenvalue weighted by Crippen LogP contribution is 2.21. The fraction of sp³-hybridized carbons (Fsp3) is 0. The molecule has 0 saturated carbocycles. The molecule has 3 rings (SSSR count). The molecule has 0 spiro atoms. The summed E-state index contributed by atoms with van der Waals surface area (Å²) in [5.41, 5.74) is 1.72. The third kappa shape index (κ3) is 1.74. The van der Waals surface area contributed by atoms with Gasteiger partial charge in [0.1, 0.15) is 0 Å². The molecule has 2 N–H and O–H groups in total. The summed E-state index contributed by atoms with van der Waals surface area (Å²) in [5.74, 6) is 0. The molecule has 2 aromatic rings. The largest absolute Gasteiger partial charge is 0.345 e. The molecule has 0 radical (unpaired) electrons. The number of rotatable bonds is 1.